The fourth-order valence-corrected chi connectivity index (χ4v) is 3.63. The van der Waals surface area contributed by atoms with Gasteiger partial charge in [-0.25, -0.2) is 9.50 Å². The van der Waals surface area contributed by atoms with Crippen molar-refractivity contribution in [2.24, 2.45) is 14.1 Å². The van der Waals surface area contributed by atoms with Crippen LogP contribution in [-0.4, -0.2) is 39.1 Å². The molecule has 8 heteroatoms. The predicted octanol–water partition coefficient (Wildman–Crippen LogP) is 2.15. The van der Waals surface area contributed by atoms with Crippen LogP contribution >= 0.6 is 0 Å². The minimum absolute atomic E-state index is 0.420. The molecule has 4 aromatic rings. The highest BCUT2D eigenvalue weighted by atomic mass is 15.4. The van der Waals surface area contributed by atoms with Gasteiger partial charge in [0.1, 0.15) is 5.69 Å². The lowest BCUT2D eigenvalue weighted by atomic mass is 10.2. The minimum Gasteiger partial charge on any atom is -0.276 e. The van der Waals surface area contributed by atoms with Gasteiger partial charge in [-0.15, -0.1) is 5.10 Å². The van der Waals surface area contributed by atoms with Crippen molar-refractivity contribution in [2.45, 2.75) is 32.1 Å². The van der Waals surface area contributed by atoms with Gasteiger partial charge in [0, 0.05) is 43.5 Å². The fraction of sp³-hybridized carbons (Fsp3) is 0.389. The van der Waals surface area contributed by atoms with Crippen LogP contribution in [0.4, 0.5) is 0 Å². The van der Waals surface area contributed by atoms with E-state index >= 15 is 0 Å². The highest BCUT2D eigenvalue weighted by molar-refractivity contribution is 5.54. The van der Waals surface area contributed by atoms with Crippen molar-refractivity contribution >= 4 is 5.78 Å². The number of hydrogen-bond donors (Lipinski definition) is 0. The molecule has 0 amide bonds. The van der Waals surface area contributed by atoms with Crippen LogP contribution in [0.1, 0.15) is 41.0 Å². The molecule has 0 radical (unpaired) electrons. The zero-order valence-corrected chi connectivity index (χ0v) is 15.2. The van der Waals surface area contributed by atoms with Gasteiger partial charge in [0.2, 0.25) is 5.82 Å². The Kier molecular flexibility index (Phi) is 3.07. The monoisotopic (exact) mass is 348 g/mol. The number of nitrogens with zero attached hydrogens (tertiary/aromatic N) is 8. The maximum Gasteiger partial charge on any atom is 0.253 e. The molecule has 5 rings (SSSR count). The second-order valence-corrected chi connectivity index (χ2v) is 7.13. The van der Waals surface area contributed by atoms with E-state index < -0.39 is 0 Å². The maximum atomic E-state index is 4.71. The first-order valence-corrected chi connectivity index (χ1v) is 8.74. The molecule has 1 aliphatic carbocycles. The summed E-state index contributed by atoms with van der Waals surface area (Å²) in [6.07, 6.45) is 3.08. The molecule has 1 saturated carbocycles. The Morgan fingerprint density at radius 2 is 1.77 bits per heavy atom. The van der Waals surface area contributed by atoms with Gasteiger partial charge in [-0.05, 0) is 38.5 Å². The molecule has 132 valence electrons. The van der Waals surface area contributed by atoms with Crippen molar-refractivity contribution in [3.05, 3.63) is 47.2 Å². The molecule has 0 spiro atoms. The van der Waals surface area contributed by atoms with Crippen molar-refractivity contribution in [3.63, 3.8) is 0 Å². The van der Waals surface area contributed by atoms with E-state index in [-0.39, 0.29) is 0 Å². The summed E-state index contributed by atoms with van der Waals surface area (Å²) in [4.78, 5) is 9.07. The number of rotatable bonds is 3. The van der Waals surface area contributed by atoms with E-state index in [1.807, 2.05) is 49.6 Å². The van der Waals surface area contributed by atoms with E-state index in [0.717, 1.165) is 34.9 Å². The third kappa shape index (κ3) is 2.33. The molecule has 4 aromatic heterocycles. The SMILES string of the molecule is Cc1cc(C)n2nc(-c3cc([C@@H]4CC4c4ccn(C)n4)nn3C)nc2n1. The second kappa shape index (κ2) is 5.23. The van der Waals surface area contributed by atoms with Crippen LogP contribution in [0, 0.1) is 13.8 Å². The summed E-state index contributed by atoms with van der Waals surface area (Å²) in [5.74, 6) is 2.16. The molecule has 8 nitrogen and oxygen atoms in total. The lowest BCUT2D eigenvalue weighted by Gasteiger charge is -1.97. The molecular weight excluding hydrogens is 328 g/mol. The molecule has 0 aliphatic heterocycles. The van der Waals surface area contributed by atoms with Crippen LogP contribution in [-0.2, 0) is 14.1 Å². The lowest BCUT2D eigenvalue weighted by Crippen LogP contribution is -1.98. The largest absolute Gasteiger partial charge is 0.276 e. The first-order chi connectivity index (χ1) is 12.5. The Bertz CT molecular complexity index is 1130. The van der Waals surface area contributed by atoms with Crippen LogP contribution in [0.2, 0.25) is 0 Å². The number of hydrogen-bond acceptors (Lipinski definition) is 5. The van der Waals surface area contributed by atoms with Crippen LogP contribution in [0.5, 0.6) is 0 Å². The predicted molar refractivity (Wildman–Crippen MR) is 95.8 cm³/mol. The Balaban J connectivity index is 1.49. The second-order valence-electron chi connectivity index (χ2n) is 7.13. The van der Waals surface area contributed by atoms with Gasteiger partial charge in [0.25, 0.3) is 5.78 Å². The number of aryl methyl sites for hydroxylation is 4. The van der Waals surface area contributed by atoms with Gasteiger partial charge in [0.05, 0.1) is 11.4 Å². The van der Waals surface area contributed by atoms with E-state index in [1.54, 1.807) is 4.52 Å². The standard InChI is InChI=1S/C18H20N8/c1-10-7-11(2)26-18(19-10)20-17(23-26)16-9-15(22-25(16)4)13-8-12(13)14-5-6-24(3)21-14/h5-7,9,12-13H,8H2,1-4H3/t12?,13-/m1/s1. The van der Waals surface area contributed by atoms with Crippen molar-refractivity contribution in [3.8, 4) is 11.5 Å². The molecular formula is C18H20N8. The molecule has 1 unspecified atom stereocenters. The fourth-order valence-electron chi connectivity index (χ4n) is 3.63. The van der Waals surface area contributed by atoms with Crippen LogP contribution in [0.15, 0.2) is 24.4 Å². The molecule has 26 heavy (non-hydrogen) atoms. The van der Waals surface area contributed by atoms with E-state index in [9.17, 15) is 0 Å². The maximum absolute atomic E-state index is 4.71. The summed E-state index contributed by atoms with van der Waals surface area (Å²) in [5.41, 5.74) is 5.10. The molecule has 2 atom stereocenters. The summed E-state index contributed by atoms with van der Waals surface area (Å²) < 4.78 is 5.50. The number of aromatic nitrogens is 8. The molecule has 4 heterocycles. The van der Waals surface area contributed by atoms with Gasteiger partial charge in [-0.1, -0.05) is 0 Å². The highest BCUT2D eigenvalue weighted by Crippen LogP contribution is 2.53. The van der Waals surface area contributed by atoms with Crippen molar-refractivity contribution in [1.82, 2.24) is 39.1 Å². The van der Waals surface area contributed by atoms with Crippen molar-refractivity contribution in [2.75, 3.05) is 0 Å². The number of fused-ring (bicyclic) bond motifs is 1. The third-order valence-corrected chi connectivity index (χ3v) is 5.03. The normalized spacial score (nSPS) is 19.4. The molecule has 0 saturated heterocycles. The third-order valence-electron chi connectivity index (χ3n) is 5.03. The summed E-state index contributed by atoms with van der Waals surface area (Å²) in [6.45, 7) is 3.98. The van der Waals surface area contributed by atoms with E-state index in [2.05, 4.69) is 32.3 Å². The quantitative estimate of drug-likeness (QED) is 0.567. The van der Waals surface area contributed by atoms with E-state index in [0.29, 0.717) is 23.4 Å². The zero-order valence-electron chi connectivity index (χ0n) is 15.2. The van der Waals surface area contributed by atoms with Crippen molar-refractivity contribution in [1.29, 1.82) is 0 Å². The van der Waals surface area contributed by atoms with Gasteiger partial charge in [0.15, 0.2) is 0 Å². The van der Waals surface area contributed by atoms with Gasteiger partial charge in [-0.3, -0.25) is 9.36 Å². The smallest absolute Gasteiger partial charge is 0.253 e. The Hall–Kier alpha value is -3.03. The van der Waals surface area contributed by atoms with Gasteiger partial charge < -0.3 is 0 Å². The zero-order chi connectivity index (χ0) is 18.0. The Labute approximate surface area is 150 Å². The average Bonchev–Trinajstić information content (AvgIpc) is 2.90. The summed E-state index contributed by atoms with van der Waals surface area (Å²) in [5, 5.41) is 13.9. The topological polar surface area (TPSA) is 78.7 Å². The van der Waals surface area contributed by atoms with Crippen LogP contribution < -0.4 is 0 Å². The van der Waals surface area contributed by atoms with E-state index in [4.69, 9.17) is 5.10 Å². The van der Waals surface area contributed by atoms with Crippen LogP contribution in [0.3, 0.4) is 0 Å². The Morgan fingerprint density at radius 3 is 2.54 bits per heavy atom. The molecule has 0 N–H and O–H groups in total. The first-order valence-electron chi connectivity index (χ1n) is 8.74. The summed E-state index contributed by atoms with van der Waals surface area (Å²) >= 11 is 0. The molecule has 0 bridgehead atoms. The van der Waals surface area contributed by atoms with E-state index in [1.165, 1.54) is 0 Å². The molecule has 1 fully saturated rings. The molecule has 1 aliphatic rings. The van der Waals surface area contributed by atoms with Crippen LogP contribution in [0.25, 0.3) is 17.3 Å². The van der Waals surface area contributed by atoms with Gasteiger partial charge >= 0.3 is 0 Å². The summed E-state index contributed by atoms with van der Waals surface area (Å²) in [6, 6.07) is 6.20. The van der Waals surface area contributed by atoms with Gasteiger partial charge in [-0.2, -0.15) is 15.2 Å². The Morgan fingerprint density at radius 1 is 0.962 bits per heavy atom. The highest BCUT2D eigenvalue weighted by Gasteiger charge is 2.43. The molecule has 0 aromatic carbocycles. The lowest BCUT2D eigenvalue weighted by molar-refractivity contribution is 0.727. The summed E-state index contributed by atoms with van der Waals surface area (Å²) in [7, 11) is 3.89. The minimum atomic E-state index is 0.420. The first kappa shape index (κ1) is 15.2. The van der Waals surface area contributed by atoms with Crippen molar-refractivity contribution < 1.29 is 0 Å². The average molecular weight is 348 g/mol.